The Balaban J connectivity index is 1.75. The Bertz CT molecular complexity index is 605. The zero-order valence-corrected chi connectivity index (χ0v) is 12.0. The number of hydrogen-bond acceptors (Lipinski definition) is 3. The molecule has 3 heterocycles. The molecule has 0 bridgehead atoms. The molecule has 0 aromatic carbocycles. The first kappa shape index (κ1) is 13.3. The highest BCUT2D eigenvalue weighted by Gasteiger charge is 2.19. The SMILES string of the molecule is CCN1CCCC(Cc2cn3ccc(C=O)cc3n2)C1. The third-order valence-electron chi connectivity index (χ3n) is 4.22. The molecule has 2 aromatic heterocycles. The molecular weight excluding hydrogens is 250 g/mol. The number of imidazole rings is 1. The minimum Gasteiger partial charge on any atom is -0.307 e. The Labute approximate surface area is 119 Å². The molecule has 3 rings (SSSR count). The summed E-state index contributed by atoms with van der Waals surface area (Å²) in [5.74, 6) is 0.708. The van der Waals surface area contributed by atoms with E-state index in [1.54, 1.807) is 0 Å². The average molecular weight is 271 g/mol. The number of pyridine rings is 1. The predicted octanol–water partition coefficient (Wildman–Crippen LogP) is 2.42. The molecule has 106 valence electrons. The molecule has 20 heavy (non-hydrogen) atoms. The van der Waals surface area contributed by atoms with Gasteiger partial charge in [0.25, 0.3) is 0 Å². The number of aldehydes is 1. The van der Waals surface area contributed by atoms with Crippen LogP contribution in [-0.4, -0.2) is 40.2 Å². The molecule has 1 fully saturated rings. The predicted molar refractivity (Wildman–Crippen MR) is 79.1 cm³/mol. The van der Waals surface area contributed by atoms with Crippen molar-refractivity contribution in [1.82, 2.24) is 14.3 Å². The van der Waals surface area contributed by atoms with Crippen molar-refractivity contribution in [2.75, 3.05) is 19.6 Å². The zero-order chi connectivity index (χ0) is 13.9. The van der Waals surface area contributed by atoms with Crippen molar-refractivity contribution in [1.29, 1.82) is 0 Å². The van der Waals surface area contributed by atoms with E-state index in [2.05, 4.69) is 23.0 Å². The van der Waals surface area contributed by atoms with Crippen LogP contribution in [0.4, 0.5) is 0 Å². The molecule has 0 saturated carbocycles. The monoisotopic (exact) mass is 271 g/mol. The Morgan fingerprint density at radius 2 is 2.40 bits per heavy atom. The summed E-state index contributed by atoms with van der Waals surface area (Å²) in [6, 6.07) is 3.67. The van der Waals surface area contributed by atoms with Gasteiger partial charge in [0, 0.05) is 24.5 Å². The van der Waals surface area contributed by atoms with E-state index in [1.165, 1.54) is 25.9 Å². The van der Waals surface area contributed by atoms with Gasteiger partial charge in [-0.25, -0.2) is 4.98 Å². The highest BCUT2D eigenvalue weighted by molar-refractivity contribution is 5.76. The van der Waals surface area contributed by atoms with Gasteiger partial charge in [-0.05, 0) is 50.4 Å². The fourth-order valence-corrected chi connectivity index (χ4v) is 3.12. The fraction of sp³-hybridized carbons (Fsp3) is 0.500. The molecule has 1 aliphatic rings. The third-order valence-corrected chi connectivity index (χ3v) is 4.22. The highest BCUT2D eigenvalue weighted by Crippen LogP contribution is 2.20. The lowest BCUT2D eigenvalue weighted by molar-refractivity contribution is 0.112. The number of rotatable bonds is 4. The third kappa shape index (κ3) is 2.75. The minimum absolute atomic E-state index is 0.685. The zero-order valence-electron chi connectivity index (χ0n) is 12.0. The van der Waals surface area contributed by atoms with Crippen LogP contribution in [0.15, 0.2) is 24.5 Å². The van der Waals surface area contributed by atoms with E-state index in [1.807, 2.05) is 22.7 Å². The van der Waals surface area contributed by atoms with Gasteiger partial charge in [0.2, 0.25) is 0 Å². The molecule has 0 amide bonds. The second-order valence-electron chi connectivity index (χ2n) is 5.68. The maximum absolute atomic E-state index is 10.8. The molecule has 0 N–H and O–H groups in total. The molecule has 1 aliphatic heterocycles. The van der Waals surface area contributed by atoms with Gasteiger partial charge in [0.15, 0.2) is 0 Å². The van der Waals surface area contributed by atoms with Crippen molar-refractivity contribution >= 4 is 11.9 Å². The lowest BCUT2D eigenvalue weighted by Crippen LogP contribution is -2.35. The minimum atomic E-state index is 0.685. The molecular formula is C16H21N3O. The lowest BCUT2D eigenvalue weighted by atomic mass is 9.94. The van der Waals surface area contributed by atoms with Crippen LogP contribution in [0.3, 0.4) is 0 Å². The van der Waals surface area contributed by atoms with Crippen LogP contribution >= 0.6 is 0 Å². The first-order valence-electron chi connectivity index (χ1n) is 7.43. The van der Waals surface area contributed by atoms with Gasteiger partial charge in [0.1, 0.15) is 11.9 Å². The van der Waals surface area contributed by atoms with E-state index >= 15 is 0 Å². The van der Waals surface area contributed by atoms with Crippen LogP contribution in [0.5, 0.6) is 0 Å². The van der Waals surface area contributed by atoms with E-state index in [-0.39, 0.29) is 0 Å². The molecule has 2 aromatic rings. The Hall–Kier alpha value is -1.68. The molecule has 4 heteroatoms. The van der Waals surface area contributed by atoms with Crippen LogP contribution in [0.1, 0.15) is 35.8 Å². The van der Waals surface area contributed by atoms with Gasteiger partial charge in [-0.2, -0.15) is 0 Å². The maximum Gasteiger partial charge on any atom is 0.150 e. The molecule has 0 aliphatic carbocycles. The summed E-state index contributed by atoms with van der Waals surface area (Å²) in [5.41, 5.74) is 2.69. The van der Waals surface area contributed by atoms with Crippen LogP contribution < -0.4 is 0 Å². The number of carbonyl (C=O) groups is 1. The summed E-state index contributed by atoms with van der Waals surface area (Å²) in [7, 11) is 0. The summed E-state index contributed by atoms with van der Waals surface area (Å²) < 4.78 is 2.00. The molecule has 0 radical (unpaired) electrons. The first-order chi connectivity index (χ1) is 9.78. The van der Waals surface area contributed by atoms with E-state index in [0.29, 0.717) is 11.5 Å². The van der Waals surface area contributed by atoms with Gasteiger partial charge in [-0.1, -0.05) is 6.92 Å². The van der Waals surface area contributed by atoms with Crippen molar-refractivity contribution in [2.45, 2.75) is 26.2 Å². The maximum atomic E-state index is 10.8. The van der Waals surface area contributed by atoms with Gasteiger partial charge < -0.3 is 9.30 Å². The molecule has 0 spiro atoms. The molecule has 1 atom stereocenters. The molecule has 1 saturated heterocycles. The molecule has 1 unspecified atom stereocenters. The highest BCUT2D eigenvalue weighted by atomic mass is 16.1. The van der Waals surface area contributed by atoms with Crippen molar-refractivity contribution in [3.8, 4) is 0 Å². The van der Waals surface area contributed by atoms with Crippen molar-refractivity contribution in [2.24, 2.45) is 5.92 Å². The number of carbonyl (C=O) groups excluding carboxylic acids is 1. The van der Waals surface area contributed by atoms with Crippen molar-refractivity contribution in [3.63, 3.8) is 0 Å². The number of likely N-dealkylation sites (tertiary alicyclic amines) is 1. The second kappa shape index (κ2) is 5.75. The summed E-state index contributed by atoms with van der Waals surface area (Å²) in [4.78, 5) is 18.0. The van der Waals surface area contributed by atoms with Crippen LogP contribution in [0.25, 0.3) is 5.65 Å². The second-order valence-corrected chi connectivity index (χ2v) is 5.68. The summed E-state index contributed by atoms with van der Waals surface area (Å²) >= 11 is 0. The number of hydrogen-bond donors (Lipinski definition) is 0. The quantitative estimate of drug-likeness (QED) is 0.801. The number of fused-ring (bicyclic) bond motifs is 1. The average Bonchev–Trinajstić information content (AvgIpc) is 2.88. The topological polar surface area (TPSA) is 37.6 Å². The normalized spacial score (nSPS) is 20.4. The fourth-order valence-electron chi connectivity index (χ4n) is 3.12. The Kier molecular flexibility index (Phi) is 3.83. The van der Waals surface area contributed by atoms with Crippen LogP contribution in [0, 0.1) is 5.92 Å². The van der Waals surface area contributed by atoms with E-state index in [9.17, 15) is 4.79 Å². The van der Waals surface area contributed by atoms with Crippen molar-refractivity contribution < 1.29 is 4.79 Å². The largest absolute Gasteiger partial charge is 0.307 e. The van der Waals surface area contributed by atoms with Gasteiger partial charge in [-0.15, -0.1) is 0 Å². The van der Waals surface area contributed by atoms with Crippen molar-refractivity contribution in [3.05, 3.63) is 35.8 Å². The van der Waals surface area contributed by atoms with Gasteiger partial charge in [0.05, 0.1) is 5.69 Å². The number of nitrogens with zero attached hydrogens (tertiary/aromatic N) is 3. The molecule has 4 nitrogen and oxygen atoms in total. The van der Waals surface area contributed by atoms with Crippen LogP contribution in [-0.2, 0) is 6.42 Å². The Morgan fingerprint density at radius 3 is 3.20 bits per heavy atom. The summed E-state index contributed by atoms with van der Waals surface area (Å²) in [6.45, 7) is 5.80. The summed E-state index contributed by atoms with van der Waals surface area (Å²) in [5, 5.41) is 0. The standard InChI is InChI=1S/C16H21N3O/c1-2-18-6-3-4-13(10-18)8-15-11-19-7-5-14(12-20)9-16(19)17-15/h5,7,9,11-13H,2-4,6,8,10H2,1H3. The lowest BCUT2D eigenvalue weighted by Gasteiger charge is -2.31. The summed E-state index contributed by atoms with van der Waals surface area (Å²) in [6.07, 6.45) is 8.50. The number of piperidine rings is 1. The van der Waals surface area contributed by atoms with Gasteiger partial charge >= 0.3 is 0 Å². The van der Waals surface area contributed by atoms with E-state index in [4.69, 9.17) is 0 Å². The van der Waals surface area contributed by atoms with E-state index in [0.717, 1.165) is 30.6 Å². The van der Waals surface area contributed by atoms with Crippen LogP contribution in [0.2, 0.25) is 0 Å². The van der Waals surface area contributed by atoms with E-state index < -0.39 is 0 Å². The number of aromatic nitrogens is 2. The first-order valence-corrected chi connectivity index (χ1v) is 7.43. The smallest absolute Gasteiger partial charge is 0.150 e. The Morgan fingerprint density at radius 1 is 1.50 bits per heavy atom. The van der Waals surface area contributed by atoms with Gasteiger partial charge in [-0.3, -0.25) is 4.79 Å².